The van der Waals surface area contributed by atoms with E-state index >= 15 is 0 Å². The van der Waals surface area contributed by atoms with Crippen molar-refractivity contribution in [3.63, 3.8) is 0 Å². The van der Waals surface area contributed by atoms with E-state index in [4.69, 9.17) is 10.5 Å². The maximum atomic E-state index is 5.93. The average Bonchev–Trinajstić information content (AvgIpc) is 2.27. The van der Waals surface area contributed by atoms with Crippen LogP contribution < -0.4 is 10.5 Å². The zero-order valence-corrected chi connectivity index (χ0v) is 10.3. The third-order valence-electron chi connectivity index (χ3n) is 2.61. The summed E-state index contributed by atoms with van der Waals surface area (Å²) in [4.78, 5) is 0. The molecule has 0 aliphatic rings. The first-order valence-corrected chi connectivity index (χ1v) is 5.04. The van der Waals surface area contributed by atoms with Gasteiger partial charge in [-0.25, -0.2) is 0 Å². The van der Waals surface area contributed by atoms with E-state index in [0.717, 1.165) is 11.3 Å². The molecule has 16 heavy (non-hydrogen) atoms. The Balaban J connectivity index is 0.00000128. The summed E-state index contributed by atoms with van der Waals surface area (Å²) in [5, 5.41) is 2.37. The van der Waals surface area contributed by atoms with Gasteiger partial charge in [-0.1, -0.05) is 24.3 Å². The summed E-state index contributed by atoms with van der Waals surface area (Å²) in [5.41, 5.74) is 7.09. The number of nitrogens with two attached hydrogens (primary N) is 1. The molecule has 2 nitrogen and oxygen atoms in total. The third-order valence-corrected chi connectivity index (χ3v) is 2.61. The van der Waals surface area contributed by atoms with Crippen LogP contribution >= 0.6 is 12.4 Å². The van der Waals surface area contributed by atoms with E-state index in [2.05, 4.69) is 18.2 Å². The number of hydrogen-bond acceptors (Lipinski definition) is 2. The molecule has 0 aliphatic heterocycles. The van der Waals surface area contributed by atoms with Crippen molar-refractivity contribution >= 4 is 23.2 Å². The van der Waals surface area contributed by atoms with E-state index in [0.29, 0.717) is 0 Å². The number of benzene rings is 2. The first-order valence-electron chi connectivity index (χ1n) is 5.04. The predicted molar refractivity (Wildman–Crippen MR) is 70.4 cm³/mol. The topological polar surface area (TPSA) is 35.2 Å². The molecule has 0 saturated heterocycles. The van der Waals surface area contributed by atoms with Crippen LogP contribution in [-0.4, -0.2) is 7.11 Å². The van der Waals surface area contributed by atoms with E-state index < -0.39 is 0 Å². The Kier molecular flexibility index (Phi) is 4.16. The van der Waals surface area contributed by atoms with Crippen LogP contribution in [0.4, 0.5) is 0 Å². The monoisotopic (exact) mass is 237 g/mol. The van der Waals surface area contributed by atoms with Crippen LogP contribution in [0, 0.1) is 0 Å². The van der Waals surface area contributed by atoms with Gasteiger partial charge in [0.25, 0.3) is 0 Å². The molecule has 0 unspecified atom stereocenters. The second kappa shape index (κ2) is 5.19. The van der Waals surface area contributed by atoms with Crippen molar-refractivity contribution in [1.29, 1.82) is 0 Å². The fourth-order valence-electron chi connectivity index (χ4n) is 1.80. The van der Waals surface area contributed by atoms with Crippen LogP contribution in [0.3, 0.4) is 0 Å². The molecule has 2 aromatic rings. The van der Waals surface area contributed by atoms with Gasteiger partial charge in [0.2, 0.25) is 0 Å². The van der Waals surface area contributed by atoms with Crippen LogP contribution in [-0.2, 0) is 0 Å². The standard InChI is InChI=1S/C13H15NO.ClH/c1-9(14)12-5-3-4-10-6-7-11(15-2)8-13(10)12;/h3-9H,14H2,1-2H3;1H/t9-;/m0./s1. The number of rotatable bonds is 2. The number of hydrogen-bond donors (Lipinski definition) is 1. The lowest BCUT2D eigenvalue weighted by atomic mass is 10.00. The summed E-state index contributed by atoms with van der Waals surface area (Å²) < 4.78 is 5.22. The zero-order chi connectivity index (χ0) is 10.8. The summed E-state index contributed by atoms with van der Waals surface area (Å²) in [6, 6.07) is 12.3. The Hall–Kier alpha value is -1.25. The van der Waals surface area contributed by atoms with Crippen molar-refractivity contribution in [2.75, 3.05) is 7.11 Å². The summed E-state index contributed by atoms with van der Waals surface area (Å²) in [7, 11) is 1.68. The van der Waals surface area contributed by atoms with Crippen molar-refractivity contribution in [2.45, 2.75) is 13.0 Å². The highest BCUT2D eigenvalue weighted by molar-refractivity contribution is 5.87. The molecule has 0 saturated carbocycles. The second-order valence-corrected chi connectivity index (χ2v) is 3.72. The first kappa shape index (κ1) is 12.8. The summed E-state index contributed by atoms with van der Waals surface area (Å²) in [6.07, 6.45) is 0. The maximum Gasteiger partial charge on any atom is 0.119 e. The molecule has 3 heteroatoms. The lowest BCUT2D eigenvalue weighted by Gasteiger charge is -2.10. The molecule has 0 radical (unpaired) electrons. The number of halogens is 1. The Bertz CT molecular complexity index is 482. The predicted octanol–water partition coefficient (Wildman–Crippen LogP) is 3.29. The summed E-state index contributed by atoms with van der Waals surface area (Å²) in [6.45, 7) is 1.99. The molecule has 1 atom stereocenters. The quantitative estimate of drug-likeness (QED) is 0.870. The van der Waals surface area contributed by atoms with E-state index in [1.54, 1.807) is 7.11 Å². The van der Waals surface area contributed by atoms with Gasteiger partial charge in [0, 0.05) is 6.04 Å². The van der Waals surface area contributed by atoms with Gasteiger partial charge in [-0.05, 0) is 35.4 Å². The number of ether oxygens (including phenoxy) is 1. The molecule has 0 bridgehead atoms. The Morgan fingerprint density at radius 3 is 2.56 bits per heavy atom. The van der Waals surface area contributed by atoms with E-state index in [1.165, 1.54) is 10.8 Å². The fourth-order valence-corrected chi connectivity index (χ4v) is 1.80. The lowest BCUT2D eigenvalue weighted by Crippen LogP contribution is -2.05. The average molecular weight is 238 g/mol. The van der Waals surface area contributed by atoms with Crippen molar-refractivity contribution in [3.8, 4) is 5.75 Å². The van der Waals surface area contributed by atoms with Crippen LogP contribution in [0.5, 0.6) is 5.75 Å². The molecular formula is C13H16ClNO. The molecule has 2 rings (SSSR count). The van der Waals surface area contributed by atoms with Gasteiger partial charge in [0.15, 0.2) is 0 Å². The number of fused-ring (bicyclic) bond motifs is 1. The minimum Gasteiger partial charge on any atom is -0.497 e. The van der Waals surface area contributed by atoms with Gasteiger partial charge in [-0.2, -0.15) is 0 Å². The lowest BCUT2D eigenvalue weighted by molar-refractivity contribution is 0.415. The third kappa shape index (κ3) is 2.29. The molecular weight excluding hydrogens is 222 g/mol. The van der Waals surface area contributed by atoms with Gasteiger partial charge < -0.3 is 10.5 Å². The molecule has 0 heterocycles. The molecule has 86 valence electrons. The Morgan fingerprint density at radius 2 is 1.94 bits per heavy atom. The van der Waals surface area contributed by atoms with Gasteiger partial charge in [-0.15, -0.1) is 12.4 Å². The van der Waals surface area contributed by atoms with E-state index in [9.17, 15) is 0 Å². The van der Waals surface area contributed by atoms with E-state index in [1.807, 2.05) is 25.1 Å². The SMILES string of the molecule is COc1ccc2cccc([C@H](C)N)c2c1.Cl. The molecule has 2 aromatic carbocycles. The van der Waals surface area contributed by atoms with Crippen molar-refractivity contribution < 1.29 is 4.74 Å². The fraction of sp³-hybridized carbons (Fsp3) is 0.231. The first-order chi connectivity index (χ1) is 7.22. The van der Waals surface area contributed by atoms with Crippen molar-refractivity contribution in [3.05, 3.63) is 42.0 Å². The van der Waals surface area contributed by atoms with Crippen LogP contribution in [0.15, 0.2) is 36.4 Å². The molecule has 0 spiro atoms. The largest absolute Gasteiger partial charge is 0.497 e. The van der Waals surface area contributed by atoms with Gasteiger partial charge in [-0.3, -0.25) is 0 Å². The molecule has 2 N–H and O–H groups in total. The smallest absolute Gasteiger partial charge is 0.119 e. The molecule has 0 fully saturated rings. The minimum atomic E-state index is 0. The second-order valence-electron chi connectivity index (χ2n) is 3.72. The highest BCUT2D eigenvalue weighted by atomic mass is 35.5. The maximum absolute atomic E-state index is 5.93. The van der Waals surface area contributed by atoms with Crippen LogP contribution in [0.1, 0.15) is 18.5 Å². The van der Waals surface area contributed by atoms with Crippen molar-refractivity contribution in [1.82, 2.24) is 0 Å². The van der Waals surface area contributed by atoms with Crippen LogP contribution in [0.2, 0.25) is 0 Å². The van der Waals surface area contributed by atoms with Crippen LogP contribution in [0.25, 0.3) is 10.8 Å². The number of methoxy groups -OCH3 is 1. The summed E-state index contributed by atoms with van der Waals surface area (Å²) in [5.74, 6) is 0.871. The molecule has 0 aliphatic carbocycles. The summed E-state index contributed by atoms with van der Waals surface area (Å²) >= 11 is 0. The van der Waals surface area contributed by atoms with Gasteiger partial charge in [0.05, 0.1) is 7.11 Å². The minimum absolute atomic E-state index is 0. The Labute approximate surface area is 102 Å². The van der Waals surface area contributed by atoms with Gasteiger partial charge in [0.1, 0.15) is 5.75 Å². The molecule has 0 amide bonds. The van der Waals surface area contributed by atoms with Crippen molar-refractivity contribution in [2.24, 2.45) is 5.73 Å². The molecule has 0 aromatic heterocycles. The van der Waals surface area contributed by atoms with Gasteiger partial charge >= 0.3 is 0 Å². The van der Waals surface area contributed by atoms with E-state index in [-0.39, 0.29) is 18.4 Å². The highest BCUT2D eigenvalue weighted by Crippen LogP contribution is 2.26. The highest BCUT2D eigenvalue weighted by Gasteiger charge is 2.05. The zero-order valence-electron chi connectivity index (χ0n) is 9.44. The Morgan fingerprint density at radius 1 is 1.19 bits per heavy atom. The normalized spacial score (nSPS) is 11.9.